The van der Waals surface area contributed by atoms with Gasteiger partial charge in [-0.2, -0.15) is 9.30 Å². The van der Waals surface area contributed by atoms with E-state index in [0.29, 0.717) is 22.7 Å². The first-order valence-corrected chi connectivity index (χ1v) is 13.0. The SMILES string of the molecule is CCC1CCCCN1S(=O)(=O)c1ccc(C(=O)N=c2sc3cccc(OC)c3n2C)cc1. The van der Waals surface area contributed by atoms with Crippen LogP contribution in [0.15, 0.2) is 52.4 Å². The lowest BCUT2D eigenvalue weighted by Crippen LogP contribution is -2.43. The monoisotopic (exact) mass is 473 g/mol. The molecular weight excluding hydrogens is 446 g/mol. The van der Waals surface area contributed by atoms with Gasteiger partial charge in [-0.05, 0) is 55.7 Å². The molecule has 1 atom stereocenters. The minimum absolute atomic E-state index is 0.0370. The number of piperidine rings is 1. The molecule has 3 aromatic rings. The molecule has 1 unspecified atom stereocenters. The lowest BCUT2D eigenvalue weighted by Gasteiger charge is -2.34. The number of fused-ring (bicyclic) bond motifs is 1. The summed E-state index contributed by atoms with van der Waals surface area (Å²) in [7, 11) is -0.134. The van der Waals surface area contributed by atoms with Gasteiger partial charge in [0.2, 0.25) is 10.0 Å². The summed E-state index contributed by atoms with van der Waals surface area (Å²) in [6.07, 6.45) is 3.62. The third kappa shape index (κ3) is 4.12. The minimum Gasteiger partial charge on any atom is -0.495 e. The predicted octanol–water partition coefficient (Wildman–Crippen LogP) is 3.94. The van der Waals surface area contributed by atoms with Crippen molar-refractivity contribution in [3.8, 4) is 5.75 Å². The van der Waals surface area contributed by atoms with Crippen molar-refractivity contribution >= 4 is 37.5 Å². The molecule has 7 nitrogen and oxygen atoms in total. The standard InChI is InChI=1S/C23H27N3O4S2/c1-4-17-8-5-6-15-26(17)32(28,29)18-13-11-16(12-14-18)22(27)24-23-25(2)21-19(30-3)9-7-10-20(21)31-23/h7,9-14,17H,4-6,8,15H2,1-3H3. The quantitative estimate of drug-likeness (QED) is 0.562. The van der Waals surface area contributed by atoms with Gasteiger partial charge >= 0.3 is 0 Å². The summed E-state index contributed by atoms with van der Waals surface area (Å²) in [5.41, 5.74) is 1.22. The van der Waals surface area contributed by atoms with Crippen LogP contribution in [0.5, 0.6) is 5.75 Å². The molecule has 9 heteroatoms. The molecule has 1 aromatic heterocycles. The Balaban J connectivity index is 1.63. The second-order valence-electron chi connectivity index (χ2n) is 7.87. The molecule has 2 heterocycles. The fraction of sp³-hybridized carbons (Fsp3) is 0.391. The molecule has 32 heavy (non-hydrogen) atoms. The smallest absolute Gasteiger partial charge is 0.279 e. The Morgan fingerprint density at radius 1 is 1.19 bits per heavy atom. The van der Waals surface area contributed by atoms with Crippen molar-refractivity contribution in [3.05, 3.63) is 52.8 Å². The molecular formula is C23H27N3O4S2. The largest absolute Gasteiger partial charge is 0.495 e. The highest BCUT2D eigenvalue weighted by atomic mass is 32.2. The average molecular weight is 474 g/mol. The number of hydrogen-bond donors (Lipinski definition) is 0. The van der Waals surface area contributed by atoms with Crippen molar-refractivity contribution in [1.29, 1.82) is 0 Å². The van der Waals surface area contributed by atoms with Gasteiger partial charge in [-0.15, -0.1) is 0 Å². The number of carbonyl (C=O) groups is 1. The summed E-state index contributed by atoms with van der Waals surface area (Å²) >= 11 is 1.40. The molecule has 0 saturated carbocycles. The van der Waals surface area contributed by atoms with Crippen LogP contribution < -0.4 is 9.54 Å². The number of hydrogen-bond acceptors (Lipinski definition) is 5. The molecule has 1 fully saturated rings. The molecule has 0 aliphatic carbocycles. The number of ether oxygens (including phenoxy) is 1. The fourth-order valence-corrected chi connectivity index (χ4v) is 7.00. The first-order valence-electron chi connectivity index (χ1n) is 10.7. The number of aryl methyl sites for hydroxylation is 1. The van der Waals surface area contributed by atoms with Crippen molar-refractivity contribution in [2.45, 2.75) is 43.5 Å². The van der Waals surface area contributed by atoms with E-state index in [2.05, 4.69) is 4.99 Å². The first-order chi connectivity index (χ1) is 15.4. The van der Waals surface area contributed by atoms with E-state index in [0.717, 1.165) is 35.9 Å². The molecule has 1 saturated heterocycles. The van der Waals surface area contributed by atoms with Gasteiger partial charge in [-0.3, -0.25) is 4.79 Å². The van der Waals surface area contributed by atoms with Crippen LogP contribution >= 0.6 is 11.3 Å². The Kier molecular flexibility index (Phi) is 6.50. The maximum Gasteiger partial charge on any atom is 0.279 e. The molecule has 0 N–H and O–H groups in total. The number of methoxy groups -OCH3 is 1. The number of sulfonamides is 1. The highest BCUT2D eigenvalue weighted by Gasteiger charge is 2.32. The number of amides is 1. The number of nitrogens with zero attached hydrogens (tertiary/aromatic N) is 3. The van der Waals surface area contributed by atoms with Gasteiger partial charge in [-0.1, -0.05) is 30.7 Å². The van der Waals surface area contributed by atoms with E-state index < -0.39 is 15.9 Å². The number of thiazole rings is 1. The van der Waals surface area contributed by atoms with Gasteiger partial charge < -0.3 is 9.30 Å². The summed E-state index contributed by atoms with van der Waals surface area (Å²) < 4.78 is 36.1. The van der Waals surface area contributed by atoms with Crippen LogP contribution in [-0.2, 0) is 17.1 Å². The van der Waals surface area contributed by atoms with Crippen LogP contribution in [0.1, 0.15) is 43.0 Å². The predicted molar refractivity (Wildman–Crippen MR) is 126 cm³/mol. The van der Waals surface area contributed by atoms with Crippen molar-refractivity contribution in [1.82, 2.24) is 8.87 Å². The zero-order chi connectivity index (χ0) is 22.9. The van der Waals surface area contributed by atoms with Gasteiger partial charge in [0.1, 0.15) is 11.3 Å². The van der Waals surface area contributed by atoms with E-state index in [9.17, 15) is 13.2 Å². The van der Waals surface area contributed by atoms with Crippen LogP contribution in [0.25, 0.3) is 10.2 Å². The number of para-hydroxylation sites is 1. The second-order valence-corrected chi connectivity index (χ2v) is 10.8. The zero-order valence-corrected chi connectivity index (χ0v) is 20.1. The Hall–Kier alpha value is -2.49. The van der Waals surface area contributed by atoms with Crippen molar-refractivity contribution in [3.63, 3.8) is 0 Å². The van der Waals surface area contributed by atoms with Crippen LogP contribution in [0.3, 0.4) is 0 Å². The van der Waals surface area contributed by atoms with Crippen LogP contribution in [0.2, 0.25) is 0 Å². The summed E-state index contributed by atoms with van der Waals surface area (Å²) in [6, 6.07) is 11.8. The Morgan fingerprint density at radius 3 is 2.62 bits per heavy atom. The first kappa shape index (κ1) is 22.7. The van der Waals surface area contributed by atoms with Gasteiger partial charge in [0.05, 0.1) is 16.7 Å². The van der Waals surface area contributed by atoms with Crippen molar-refractivity contribution in [2.24, 2.45) is 12.0 Å². The van der Waals surface area contributed by atoms with E-state index in [1.807, 2.05) is 36.7 Å². The fourth-order valence-electron chi connectivity index (χ4n) is 4.19. The van der Waals surface area contributed by atoms with Crippen molar-refractivity contribution in [2.75, 3.05) is 13.7 Å². The summed E-state index contributed by atoms with van der Waals surface area (Å²) in [5.74, 6) is 0.298. The lowest BCUT2D eigenvalue weighted by atomic mass is 10.0. The lowest BCUT2D eigenvalue weighted by molar-refractivity contribution is 0.0998. The summed E-state index contributed by atoms with van der Waals surface area (Å²) in [5, 5.41) is 0. The number of carbonyl (C=O) groups excluding carboxylic acids is 1. The third-order valence-corrected chi connectivity index (χ3v) is 9.02. The zero-order valence-electron chi connectivity index (χ0n) is 18.4. The molecule has 1 amide bonds. The maximum absolute atomic E-state index is 13.1. The molecule has 1 aliphatic heterocycles. The normalized spacial score (nSPS) is 18.2. The summed E-state index contributed by atoms with van der Waals surface area (Å²) in [4.78, 5) is 17.8. The molecule has 0 bridgehead atoms. The molecule has 4 rings (SSSR count). The molecule has 170 valence electrons. The Morgan fingerprint density at radius 2 is 1.94 bits per heavy atom. The van der Waals surface area contributed by atoms with E-state index in [-0.39, 0.29) is 10.9 Å². The van der Waals surface area contributed by atoms with Gasteiger partial charge in [0.25, 0.3) is 5.91 Å². The Labute approximate surface area is 192 Å². The highest BCUT2D eigenvalue weighted by Crippen LogP contribution is 2.28. The van der Waals surface area contributed by atoms with Crippen LogP contribution in [0.4, 0.5) is 0 Å². The number of aromatic nitrogens is 1. The average Bonchev–Trinajstić information content (AvgIpc) is 3.14. The molecule has 0 radical (unpaired) electrons. The maximum atomic E-state index is 13.1. The summed E-state index contributed by atoms with van der Waals surface area (Å²) in [6.45, 7) is 2.56. The molecule has 1 aliphatic rings. The van der Waals surface area contributed by atoms with Crippen LogP contribution in [-0.4, -0.2) is 42.9 Å². The van der Waals surface area contributed by atoms with E-state index in [1.165, 1.54) is 35.6 Å². The minimum atomic E-state index is -3.58. The highest BCUT2D eigenvalue weighted by molar-refractivity contribution is 7.89. The molecule has 0 spiro atoms. The van der Waals surface area contributed by atoms with E-state index >= 15 is 0 Å². The Bertz CT molecular complexity index is 1310. The number of benzene rings is 2. The van der Waals surface area contributed by atoms with E-state index in [1.54, 1.807) is 11.4 Å². The molecule has 2 aromatic carbocycles. The van der Waals surface area contributed by atoms with Crippen molar-refractivity contribution < 1.29 is 17.9 Å². The van der Waals surface area contributed by atoms with Crippen LogP contribution in [0, 0.1) is 0 Å². The van der Waals surface area contributed by atoms with Gasteiger partial charge in [-0.25, -0.2) is 8.42 Å². The topological polar surface area (TPSA) is 81.0 Å². The van der Waals surface area contributed by atoms with Gasteiger partial charge in [0, 0.05) is 25.2 Å². The van der Waals surface area contributed by atoms with E-state index in [4.69, 9.17) is 4.74 Å². The van der Waals surface area contributed by atoms with Gasteiger partial charge in [0.15, 0.2) is 4.80 Å². The number of rotatable bonds is 5. The second kappa shape index (κ2) is 9.17. The third-order valence-electron chi connectivity index (χ3n) is 5.95.